The van der Waals surface area contributed by atoms with Crippen molar-refractivity contribution in [3.63, 3.8) is 0 Å². The third kappa shape index (κ3) is 5.96. The van der Waals surface area contributed by atoms with E-state index in [0.717, 1.165) is 5.56 Å². The van der Waals surface area contributed by atoms with E-state index in [1.165, 1.54) is 11.8 Å². The second-order valence-electron chi connectivity index (χ2n) is 6.94. The molecule has 0 aliphatic heterocycles. The third-order valence-corrected chi connectivity index (χ3v) is 5.21. The lowest BCUT2D eigenvalue weighted by Crippen LogP contribution is -2.37. The maximum absolute atomic E-state index is 12.2. The molecule has 2 heterocycles. The molecule has 0 aliphatic rings. The molecule has 2 N–H and O–H groups in total. The summed E-state index contributed by atoms with van der Waals surface area (Å²) in [4.78, 5) is 23.7. The molecule has 30 heavy (non-hydrogen) atoms. The van der Waals surface area contributed by atoms with Gasteiger partial charge in [0.15, 0.2) is 10.9 Å². The van der Waals surface area contributed by atoms with Gasteiger partial charge in [-0.2, -0.15) is 0 Å². The SMILES string of the molecule is CC(C)C(=O)NCCNC(=O)CSc1nnc(-c2ccco2)n1Cc1ccccc1. The van der Waals surface area contributed by atoms with Gasteiger partial charge in [0, 0.05) is 19.0 Å². The zero-order chi connectivity index (χ0) is 21.3. The van der Waals surface area contributed by atoms with Crippen molar-refractivity contribution in [1.29, 1.82) is 0 Å². The van der Waals surface area contributed by atoms with Crippen molar-refractivity contribution in [3.8, 4) is 11.6 Å². The van der Waals surface area contributed by atoms with Crippen LogP contribution in [-0.4, -0.2) is 45.4 Å². The van der Waals surface area contributed by atoms with E-state index in [-0.39, 0.29) is 23.5 Å². The summed E-state index contributed by atoms with van der Waals surface area (Å²) >= 11 is 1.31. The monoisotopic (exact) mass is 427 g/mol. The van der Waals surface area contributed by atoms with Crippen molar-refractivity contribution in [3.05, 3.63) is 54.3 Å². The van der Waals surface area contributed by atoms with Gasteiger partial charge >= 0.3 is 0 Å². The molecule has 1 aromatic carbocycles. The Bertz CT molecular complexity index is 954. The average molecular weight is 428 g/mol. The molecule has 0 bridgehead atoms. The second kappa shape index (κ2) is 10.6. The number of thioether (sulfide) groups is 1. The molecule has 9 heteroatoms. The number of rotatable bonds is 10. The largest absolute Gasteiger partial charge is 0.461 e. The molecule has 3 aromatic rings. The number of nitrogens with zero attached hydrogens (tertiary/aromatic N) is 3. The van der Waals surface area contributed by atoms with Crippen molar-refractivity contribution in [2.24, 2.45) is 5.92 Å². The molecule has 3 rings (SSSR count). The van der Waals surface area contributed by atoms with E-state index in [2.05, 4.69) is 20.8 Å². The van der Waals surface area contributed by atoms with Crippen LogP contribution in [-0.2, 0) is 16.1 Å². The summed E-state index contributed by atoms with van der Waals surface area (Å²) in [7, 11) is 0. The Morgan fingerprint density at radius 1 is 1.07 bits per heavy atom. The number of carbonyl (C=O) groups is 2. The predicted octanol–water partition coefficient (Wildman–Crippen LogP) is 2.57. The van der Waals surface area contributed by atoms with E-state index in [9.17, 15) is 9.59 Å². The van der Waals surface area contributed by atoms with Crippen LogP contribution in [0.1, 0.15) is 19.4 Å². The Labute approximate surface area is 179 Å². The van der Waals surface area contributed by atoms with Gasteiger partial charge in [-0.3, -0.25) is 14.2 Å². The summed E-state index contributed by atoms with van der Waals surface area (Å²) in [6.45, 7) is 5.00. The van der Waals surface area contributed by atoms with Gasteiger partial charge in [0.1, 0.15) is 0 Å². The first kappa shape index (κ1) is 21.6. The standard InChI is InChI=1S/C21H25N5O3S/c1-15(2)20(28)23-11-10-22-18(27)14-30-21-25-24-19(17-9-6-12-29-17)26(21)13-16-7-4-3-5-8-16/h3-9,12,15H,10-11,13-14H2,1-2H3,(H,22,27)(H,23,28). The van der Waals surface area contributed by atoms with Crippen molar-refractivity contribution >= 4 is 23.6 Å². The lowest BCUT2D eigenvalue weighted by Gasteiger charge is -2.10. The number of aromatic nitrogens is 3. The molecule has 0 saturated carbocycles. The van der Waals surface area contributed by atoms with Crippen molar-refractivity contribution in [2.75, 3.05) is 18.8 Å². The summed E-state index contributed by atoms with van der Waals surface area (Å²) in [6, 6.07) is 13.6. The quantitative estimate of drug-likeness (QED) is 0.381. The smallest absolute Gasteiger partial charge is 0.230 e. The Hall–Kier alpha value is -3.07. The zero-order valence-electron chi connectivity index (χ0n) is 17.0. The topological polar surface area (TPSA) is 102 Å². The summed E-state index contributed by atoms with van der Waals surface area (Å²) in [5.41, 5.74) is 1.09. The molecule has 0 atom stereocenters. The van der Waals surface area contributed by atoms with Crippen molar-refractivity contribution in [1.82, 2.24) is 25.4 Å². The van der Waals surface area contributed by atoms with Gasteiger partial charge in [0.2, 0.25) is 17.6 Å². The average Bonchev–Trinajstić information content (AvgIpc) is 3.40. The van der Waals surface area contributed by atoms with E-state index < -0.39 is 0 Å². The van der Waals surface area contributed by atoms with Crippen LogP contribution in [0.4, 0.5) is 0 Å². The van der Waals surface area contributed by atoms with Gasteiger partial charge in [-0.1, -0.05) is 55.9 Å². The number of benzene rings is 1. The number of hydrogen-bond donors (Lipinski definition) is 2. The Morgan fingerprint density at radius 2 is 1.83 bits per heavy atom. The highest BCUT2D eigenvalue weighted by atomic mass is 32.2. The first-order valence-corrected chi connectivity index (χ1v) is 10.7. The molecule has 8 nitrogen and oxygen atoms in total. The molecular formula is C21H25N5O3S. The Balaban J connectivity index is 1.60. The molecule has 0 radical (unpaired) electrons. The molecule has 0 fully saturated rings. The highest BCUT2D eigenvalue weighted by molar-refractivity contribution is 7.99. The highest BCUT2D eigenvalue weighted by Gasteiger charge is 2.17. The Kier molecular flexibility index (Phi) is 7.67. The van der Waals surface area contributed by atoms with Gasteiger partial charge in [-0.25, -0.2) is 0 Å². The molecule has 0 unspecified atom stereocenters. The minimum Gasteiger partial charge on any atom is -0.461 e. The minimum absolute atomic E-state index is 0.0295. The molecule has 0 spiro atoms. The number of nitrogens with one attached hydrogen (secondary N) is 2. The molecule has 0 saturated heterocycles. The van der Waals surface area contributed by atoms with E-state index in [1.54, 1.807) is 12.3 Å². The fourth-order valence-electron chi connectivity index (χ4n) is 2.66. The molecule has 2 aromatic heterocycles. The number of carbonyl (C=O) groups excluding carboxylic acids is 2. The van der Waals surface area contributed by atoms with Crippen LogP contribution in [0, 0.1) is 5.92 Å². The molecule has 0 aliphatic carbocycles. The van der Waals surface area contributed by atoms with Crippen LogP contribution in [0.2, 0.25) is 0 Å². The maximum atomic E-state index is 12.2. The van der Waals surface area contributed by atoms with E-state index in [1.807, 2.05) is 54.8 Å². The van der Waals surface area contributed by atoms with Crippen LogP contribution < -0.4 is 10.6 Å². The van der Waals surface area contributed by atoms with Gasteiger partial charge in [0.05, 0.1) is 18.6 Å². The van der Waals surface area contributed by atoms with Crippen LogP contribution >= 0.6 is 11.8 Å². The second-order valence-corrected chi connectivity index (χ2v) is 7.88. The van der Waals surface area contributed by atoms with Crippen LogP contribution in [0.15, 0.2) is 58.3 Å². The normalized spacial score (nSPS) is 10.9. The van der Waals surface area contributed by atoms with Gasteiger partial charge in [-0.05, 0) is 17.7 Å². The van der Waals surface area contributed by atoms with E-state index >= 15 is 0 Å². The van der Waals surface area contributed by atoms with Crippen LogP contribution in [0.5, 0.6) is 0 Å². The van der Waals surface area contributed by atoms with E-state index in [4.69, 9.17) is 4.42 Å². The fraction of sp³-hybridized carbons (Fsp3) is 0.333. The number of furan rings is 1. The first-order chi connectivity index (χ1) is 14.5. The minimum atomic E-state index is -0.132. The van der Waals surface area contributed by atoms with Crippen LogP contribution in [0.3, 0.4) is 0 Å². The lowest BCUT2D eigenvalue weighted by molar-refractivity contribution is -0.124. The van der Waals surface area contributed by atoms with Gasteiger partial charge in [0.25, 0.3) is 0 Å². The summed E-state index contributed by atoms with van der Waals surface area (Å²) < 4.78 is 7.43. The Morgan fingerprint density at radius 3 is 2.53 bits per heavy atom. The molecule has 2 amide bonds. The molecule has 158 valence electrons. The first-order valence-electron chi connectivity index (χ1n) is 9.73. The van der Waals surface area contributed by atoms with Gasteiger partial charge in [-0.15, -0.1) is 10.2 Å². The number of hydrogen-bond acceptors (Lipinski definition) is 6. The molecular weight excluding hydrogens is 402 g/mol. The summed E-state index contributed by atoms with van der Waals surface area (Å²) in [5, 5.41) is 14.7. The highest BCUT2D eigenvalue weighted by Crippen LogP contribution is 2.25. The predicted molar refractivity (Wildman–Crippen MR) is 115 cm³/mol. The van der Waals surface area contributed by atoms with Crippen molar-refractivity contribution < 1.29 is 14.0 Å². The number of amides is 2. The van der Waals surface area contributed by atoms with Gasteiger partial charge < -0.3 is 15.1 Å². The fourth-order valence-corrected chi connectivity index (χ4v) is 3.43. The zero-order valence-corrected chi connectivity index (χ0v) is 17.8. The van der Waals surface area contributed by atoms with E-state index in [0.29, 0.717) is 36.4 Å². The van der Waals surface area contributed by atoms with Crippen molar-refractivity contribution in [2.45, 2.75) is 25.5 Å². The lowest BCUT2D eigenvalue weighted by atomic mass is 10.2. The maximum Gasteiger partial charge on any atom is 0.230 e. The summed E-state index contributed by atoms with van der Waals surface area (Å²) in [5.74, 6) is 1.20. The van der Waals surface area contributed by atoms with Crippen LogP contribution in [0.25, 0.3) is 11.6 Å². The third-order valence-electron chi connectivity index (χ3n) is 4.25. The summed E-state index contributed by atoms with van der Waals surface area (Å²) in [6.07, 6.45) is 1.59.